The maximum Gasteiger partial charge on any atom is 0.218 e. The van der Waals surface area contributed by atoms with Gasteiger partial charge in [-0.05, 0) is 23.3 Å². The highest BCUT2D eigenvalue weighted by molar-refractivity contribution is 6.01. The molecule has 23 heavy (non-hydrogen) atoms. The zero-order valence-corrected chi connectivity index (χ0v) is 13.2. The van der Waals surface area contributed by atoms with Gasteiger partial charge in [0.05, 0.1) is 6.54 Å². The van der Waals surface area contributed by atoms with Gasteiger partial charge in [-0.2, -0.15) is 4.99 Å². The van der Waals surface area contributed by atoms with Gasteiger partial charge in [-0.15, -0.1) is 0 Å². The van der Waals surface area contributed by atoms with Crippen LogP contribution >= 0.6 is 0 Å². The summed E-state index contributed by atoms with van der Waals surface area (Å²) in [5, 5.41) is 0. The average Bonchev–Trinajstić information content (AvgIpc) is 2.60. The standard InChI is InChI=1S/C18H21N5/c1-3-14-9-11-15(12-10-14)13-21-17(19)22-18(20)23(2)16-7-5-4-6-8-16/h3-12H,1,13H2,2H3,(H4,19,20,21,22). The Morgan fingerprint density at radius 2 is 1.74 bits per heavy atom. The number of aliphatic imine (C=N–C) groups is 2. The van der Waals surface area contributed by atoms with Crippen molar-refractivity contribution in [2.45, 2.75) is 6.54 Å². The van der Waals surface area contributed by atoms with Gasteiger partial charge in [0.25, 0.3) is 0 Å². The second-order valence-electron chi connectivity index (χ2n) is 4.98. The van der Waals surface area contributed by atoms with Crippen LogP contribution in [0.2, 0.25) is 0 Å². The van der Waals surface area contributed by atoms with Crippen molar-refractivity contribution in [3.05, 3.63) is 72.3 Å². The monoisotopic (exact) mass is 307 g/mol. The maximum absolute atomic E-state index is 5.96. The molecule has 0 saturated carbocycles. The minimum atomic E-state index is 0.151. The lowest BCUT2D eigenvalue weighted by atomic mass is 10.1. The normalized spacial score (nSPS) is 12.0. The number of guanidine groups is 2. The molecule has 0 spiro atoms. The van der Waals surface area contributed by atoms with Crippen molar-refractivity contribution in [3.8, 4) is 0 Å². The Labute approximate surface area is 136 Å². The average molecular weight is 307 g/mol. The van der Waals surface area contributed by atoms with Gasteiger partial charge in [-0.1, -0.05) is 55.1 Å². The summed E-state index contributed by atoms with van der Waals surface area (Å²) in [5.41, 5.74) is 14.8. The molecular formula is C18H21N5. The quantitative estimate of drug-likeness (QED) is 0.673. The van der Waals surface area contributed by atoms with E-state index in [0.717, 1.165) is 16.8 Å². The van der Waals surface area contributed by atoms with Crippen LogP contribution in [0.3, 0.4) is 0 Å². The van der Waals surface area contributed by atoms with Crippen molar-refractivity contribution >= 4 is 23.7 Å². The third-order valence-electron chi connectivity index (χ3n) is 3.36. The lowest BCUT2D eigenvalue weighted by molar-refractivity contribution is 1.05. The third-order valence-corrected chi connectivity index (χ3v) is 3.36. The zero-order valence-electron chi connectivity index (χ0n) is 13.2. The Hall–Kier alpha value is -3.08. The molecule has 0 aromatic heterocycles. The first kappa shape index (κ1) is 16.3. The Bertz CT molecular complexity index is 702. The molecule has 2 aromatic rings. The van der Waals surface area contributed by atoms with Gasteiger partial charge in [-0.3, -0.25) is 0 Å². The third kappa shape index (κ3) is 4.71. The number of benzene rings is 2. The summed E-state index contributed by atoms with van der Waals surface area (Å²) in [5.74, 6) is 0.442. The maximum atomic E-state index is 5.96. The molecule has 0 bridgehead atoms. The Kier molecular flexibility index (Phi) is 5.52. The largest absolute Gasteiger partial charge is 0.369 e. The molecule has 0 radical (unpaired) electrons. The van der Waals surface area contributed by atoms with Crippen molar-refractivity contribution in [2.24, 2.45) is 21.5 Å². The van der Waals surface area contributed by atoms with Crippen molar-refractivity contribution < 1.29 is 0 Å². The van der Waals surface area contributed by atoms with Crippen LogP contribution in [0, 0.1) is 0 Å². The van der Waals surface area contributed by atoms with Gasteiger partial charge in [0, 0.05) is 12.7 Å². The van der Waals surface area contributed by atoms with Crippen LogP contribution in [0.5, 0.6) is 0 Å². The number of anilines is 1. The van der Waals surface area contributed by atoms with Crippen molar-refractivity contribution in [3.63, 3.8) is 0 Å². The number of nitrogens with zero attached hydrogens (tertiary/aromatic N) is 3. The fraction of sp³-hybridized carbons (Fsp3) is 0.111. The lowest BCUT2D eigenvalue weighted by Crippen LogP contribution is -2.35. The Balaban J connectivity index is 2.03. The zero-order chi connectivity index (χ0) is 16.7. The van der Waals surface area contributed by atoms with Crippen LogP contribution in [0.15, 0.2) is 71.2 Å². The molecule has 2 rings (SSSR count). The highest BCUT2D eigenvalue weighted by Gasteiger charge is 2.04. The van der Waals surface area contributed by atoms with Gasteiger partial charge < -0.3 is 16.4 Å². The summed E-state index contributed by atoms with van der Waals surface area (Å²) < 4.78 is 0. The van der Waals surface area contributed by atoms with E-state index in [9.17, 15) is 0 Å². The number of hydrogen-bond donors (Lipinski definition) is 2. The predicted octanol–water partition coefficient (Wildman–Crippen LogP) is 2.60. The van der Waals surface area contributed by atoms with E-state index in [-0.39, 0.29) is 5.96 Å². The number of hydrogen-bond acceptors (Lipinski definition) is 1. The van der Waals surface area contributed by atoms with Gasteiger partial charge in [0.1, 0.15) is 0 Å². The second kappa shape index (κ2) is 7.79. The molecule has 0 heterocycles. The SMILES string of the molecule is C=Cc1ccc(CN=C(N)/N=C(\N)N(C)c2ccccc2)cc1. The number of rotatable bonds is 4. The minimum absolute atomic E-state index is 0.151. The van der Waals surface area contributed by atoms with Crippen LogP contribution in [-0.2, 0) is 6.54 Å². The first-order valence-corrected chi connectivity index (χ1v) is 7.24. The van der Waals surface area contributed by atoms with Gasteiger partial charge >= 0.3 is 0 Å². The van der Waals surface area contributed by atoms with Crippen molar-refractivity contribution in [1.82, 2.24) is 0 Å². The minimum Gasteiger partial charge on any atom is -0.369 e. The van der Waals surface area contributed by atoms with Crippen molar-refractivity contribution in [2.75, 3.05) is 11.9 Å². The van der Waals surface area contributed by atoms with E-state index in [0.29, 0.717) is 12.5 Å². The van der Waals surface area contributed by atoms with E-state index in [1.165, 1.54) is 0 Å². The van der Waals surface area contributed by atoms with Crippen LogP contribution in [0.25, 0.3) is 6.08 Å². The molecular weight excluding hydrogens is 286 g/mol. The van der Waals surface area contributed by atoms with Crippen LogP contribution in [0.1, 0.15) is 11.1 Å². The van der Waals surface area contributed by atoms with Gasteiger partial charge in [-0.25, -0.2) is 4.99 Å². The fourth-order valence-corrected chi connectivity index (χ4v) is 1.94. The molecule has 0 fully saturated rings. The number of para-hydroxylation sites is 1. The molecule has 0 aliphatic rings. The summed E-state index contributed by atoms with van der Waals surface area (Å²) in [4.78, 5) is 10.1. The molecule has 0 aliphatic carbocycles. The van der Waals surface area contributed by atoms with E-state index >= 15 is 0 Å². The van der Waals surface area contributed by atoms with E-state index in [2.05, 4.69) is 16.6 Å². The molecule has 0 atom stereocenters. The van der Waals surface area contributed by atoms with Crippen molar-refractivity contribution in [1.29, 1.82) is 0 Å². The summed E-state index contributed by atoms with van der Waals surface area (Å²) in [6.07, 6.45) is 1.80. The van der Waals surface area contributed by atoms with E-state index in [1.807, 2.05) is 61.6 Å². The number of nitrogens with two attached hydrogens (primary N) is 2. The van der Waals surface area contributed by atoms with Crippen LogP contribution in [-0.4, -0.2) is 19.0 Å². The first-order chi connectivity index (χ1) is 11.1. The summed E-state index contributed by atoms with van der Waals surface area (Å²) in [6, 6.07) is 17.6. The highest BCUT2D eigenvalue weighted by Crippen LogP contribution is 2.10. The molecule has 0 saturated heterocycles. The summed E-state index contributed by atoms with van der Waals surface area (Å²) >= 11 is 0. The Morgan fingerprint density at radius 3 is 2.35 bits per heavy atom. The second-order valence-corrected chi connectivity index (χ2v) is 4.98. The predicted molar refractivity (Wildman–Crippen MR) is 98.3 cm³/mol. The van der Waals surface area contributed by atoms with Gasteiger partial charge in [0.2, 0.25) is 11.9 Å². The fourth-order valence-electron chi connectivity index (χ4n) is 1.94. The summed E-state index contributed by atoms with van der Waals surface area (Å²) in [6.45, 7) is 4.18. The topological polar surface area (TPSA) is 80.0 Å². The molecule has 5 heteroatoms. The Morgan fingerprint density at radius 1 is 1.09 bits per heavy atom. The molecule has 5 nitrogen and oxygen atoms in total. The van der Waals surface area contributed by atoms with E-state index in [1.54, 1.807) is 11.0 Å². The first-order valence-electron chi connectivity index (χ1n) is 7.24. The van der Waals surface area contributed by atoms with Crippen LogP contribution in [0.4, 0.5) is 5.69 Å². The molecule has 4 N–H and O–H groups in total. The molecule has 2 aromatic carbocycles. The smallest absolute Gasteiger partial charge is 0.218 e. The van der Waals surface area contributed by atoms with Gasteiger partial charge in [0.15, 0.2) is 0 Å². The molecule has 118 valence electrons. The summed E-state index contributed by atoms with van der Waals surface area (Å²) in [7, 11) is 1.83. The van der Waals surface area contributed by atoms with Crippen LogP contribution < -0.4 is 16.4 Å². The van der Waals surface area contributed by atoms with E-state index in [4.69, 9.17) is 11.5 Å². The highest BCUT2D eigenvalue weighted by atomic mass is 15.3. The lowest BCUT2D eigenvalue weighted by Gasteiger charge is -2.17. The molecule has 0 amide bonds. The molecule has 0 unspecified atom stereocenters. The van der Waals surface area contributed by atoms with E-state index < -0.39 is 0 Å². The molecule has 0 aliphatic heterocycles.